The van der Waals surface area contributed by atoms with Crippen LogP contribution in [0.3, 0.4) is 0 Å². The van der Waals surface area contributed by atoms with Crippen molar-refractivity contribution < 1.29 is 9.36 Å². The van der Waals surface area contributed by atoms with Gasteiger partial charge in [0.05, 0.1) is 5.71 Å². The first-order valence-electron chi connectivity index (χ1n) is 8.36. The monoisotopic (exact) mass is 306 g/mol. The molecule has 0 radical (unpaired) electrons. The molecule has 2 aliphatic heterocycles. The summed E-state index contributed by atoms with van der Waals surface area (Å²) in [5.74, 6) is 2.01. The van der Waals surface area contributed by atoms with Gasteiger partial charge in [-0.3, -0.25) is 0 Å². The molecule has 22 heavy (non-hydrogen) atoms. The van der Waals surface area contributed by atoms with Gasteiger partial charge in [-0.15, -0.1) is 0 Å². The molecule has 6 nitrogen and oxygen atoms in total. The second kappa shape index (κ2) is 6.36. The molecule has 122 valence electrons. The molecular formula is C16H26N4O2. The minimum atomic E-state index is -0.584. The summed E-state index contributed by atoms with van der Waals surface area (Å²) in [6.45, 7) is 9.74. The van der Waals surface area contributed by atoms with Gasteiger partial charge in [0, 0.05) is 12.8 Å². The summed E-state index contributed by atoms with van der Waals surface area (Å²) in [7, 11) is 0. The first-order valence-corrected chi connectivity index (χ1v) is 8.36. The van der Waals surface area contributed by atoms with E-state index in [1.165, 1.54) is 38.9 Å². The van der Waals surface area contributed by atoms with E-state index in [4.69, 9.17) is 9.36 Å². The van der Waals surface area contributed by atoms with Crippen LogP contribution in [0.5, 0.6) is 0 Å². The molecule has 0 N–H and O–H groups in total. The normalized spacial score (nSPS) is 27.0. The number of rotatable bonds is 5. The summed E-state index contributed by atoms with van der Waals surface area (Å²) in [6, 6.07) is 0. The minimum Gasteiger partial charge on any atom is -0.379 e. The highest BCUT2D eigenvalue weighted by molar-refractivity contribution is 5.83. The second-order valence-electron chi connectivity index (χ2n) is 6.83. The lowest BCUT2D eigenvalue weighted by Crippen LogP contribution is -2.34. The average molecular weight is 306 g/mol. The van der Waals surface area contributed by atoms with E-state index in [1.54, 1.807) is 0 Å². The Kier molecular flexibility index (Phi) is 4.47. The van der Waals surface area contributed by atoms with E-state index in [9.17, 15) is 0 Å². The smallest absolute Gasteiger partial charge is 0.273 e. The van der Waals surface area contributed by atoms with Crippen molar-refractivity contribution in [3.63, 3.8) is 0 Å². The van der Waals surface area contributed by atoms with Crippen molar-refractivity contribution in [2.75, 3.05) is 19.6 Å². The van der Waals surface area contributed by atoms with Crippen molar-refractivity contribution in [1.82, 2.24) is 15.0 Å². The van der Waals surface area contributed by atoms with Crippen molar-refractivity contribution in [2.45, 2.75) is 58.5 Å². The molecule has 1 unspecified atom stereocenters. The van der Waals surface area contributed by atoms with Gasteiger partial charge in [0.15, 0.2) is 5.82 Å². The van der Waals surface area contributed by atoms with Gasteiger partial charge >= 0.3 is 0 Å². The lowest BCUT2D eigenvalue weighted by atomic mass is 9.93. The number of likely N-dealkylation sites (tertiary alicyclic amines) is 1. The van der Waals surface area contributed by atoms with Gasteiger partial charge in [0.2, 0.25) is 5.60 Å². The number of piperidine rings is 1. The van der Waals surface area contributed by atoms with E-state index in [1.807, 2.05) is 13.8 Å². The Balaban J connectivity index is 1.55. The van der Waals surface area contributed by atoms with Gasteiger partial charge in [0.1, 0.15) is 0 Å². The second-order valence-corrected chi connectivity index (χ2v) is 6.83. The summed E-state index contributed by atoms with van der Waals surface area (Å²) >= 11 is 0. The molecule has 0 aliphatic carbocycles. The largest absolute Gasteiger partial charge is 0.379 e. The van der Waals surface area contributed by atoms with Gasteiger partial charge in [-0.1, -0.05) is 17.2 Å². The summed E-state index contributed by atoms with van der Waals surface area (Å²) in [5, 5.41) is 8.15. The maximum absolute atomic E-state index is 5.47. The number of nitrogens with zero attached hydrogens (tertiary/aromatic N) is 4. The topological polar surface area (TPSA) is 63.8 Å². The summed E-state index contributed by atoms with van der Waals surface area (Å²) in [4.78, 5) is 12.6. The molecule has 0 saturated carbocycles. The average Bonchev–Trinajstić information content (AvgIpc) is 3.09. The predicted octanol–water partition coefficient (Wildman–Crippen LogP) is 2.75. The fourth-order valence-electron chi connectivity index (χ4n) is 3.39. The fourth-order valence-corrected chi connectivity index (χ4v) is 3.39. The van der Waals surface area contributed by atoms with Crippen LogP contribution >= 0.6 is 0 Å². The van der Waals surface area contributed by atoms with Crippen LogP contribution < -0.4 is 0 Å². The molecule has 0 bridgehead atoms. The van der Waals surface area contributed by atoms with Crippen molar-refractivity contribution >= 4 is 5.71 Å². The summed E-state index contributed by atoms with van der Waals surface area (Å²) in [6.07, 6.45) is 5.29. The van der Waals surface area contributed by atoms with Crippen LogP contribution in [-0.2, 0) is 16.9 Å². The highest BCUT2D eigenvalue weighted by Crippen LogP contribution is 2.33. The van der Waals surface area contributed by atoms with Crippen molar-refractivity contribution in [2.24, 2.45) is 11.1 Å². The molecule has 6 heteroatoms. The van der Waals surface area contributed by atoms with Crippen LogP contribution in [0, 0.1) is 5.92 Å². The molecule has 0 amide bonds. The van der Waals surface area contributed by atoms with Gasteiger partial charge in [-0.2, -0.15) is 4.98 Å². The zero-order valence-electron chi connectivity index (χ0n) is 13.8. The third kappa shape index (κ3) is 3.32. The highest BCUT2D eigenvalue weighted by atomic mass is 16.7. The lowest BCUT2D eigenvalue weighted by molar-refractivity contribution is -0.0313. The first-order chi connectivity index (χ1) is 10.6. The van der Waals surface area contributed by atoms with Crippen LogP contribution in [0.15, 0.2) is 9.68 Å². The molecule has 1 atom stereocenters. The maximum Gasteiger partial charge on any atom is 0.273 e. The fraction of sp³-hybridized carbons (Fsp3) is 0.812. The van der Waals surface area contributed by atoms with Gasteiger partial charge < -0.3 is 14.3 Å². The van der Waals surface area contributed by atoms with E-state index in [0.717, 1.165) is 18.0 Å². The zero-order valence-corrected chi connectivity index (χ0v) is 13.8. The van der Waals surface area contributed by atoms with Crippen LogP contribution in [0.1, 0.15) is 58.2 Å². The Labute approximate surface area is 131 Å². The Morgan fingerprint density at radius 3 is 2.73 bits per heavy atom. The summed E-state index contributed by atoms with van der Waals surface area (Å²) in [5.41, 5.74) is 0.380. The van der Waals surface area contributed by atoms with Crippen molar-refractivity contribution in [3.05, 3.63) is 11.7 Å². The molecule has 0 aromatic carbocycles. The zero-order chi connectivity index (χ0) is 15.6. The van der Waals surface area contributed by atoms with Crippen molar-refractivity contribution in [3.8, 4) is 0 Å². The minimum absolute atomic E-state index is 0.548. The van der Waals surface area contributed by atoms with Crippen LogP contribution in [0.2, 0.25) is 0 Å². The van der Waals surface area contributed by atoms with E-state index in [-0.39, 0.29) is 0 Å². The number of oxime groups is 1. The van der Waals surface area contributed by atoms with Crippen LogP contribution in [-0.4, -0.2) is 40.4 Å². The predicted molar refractivity (Wildman–Crippen MR) is 83.6 cm³/mol. The van der Waals surface area contributed by atoms with E-state index in [0.29, 0.717) is 18.2 Å². The van der Waals surface area contributed by atoms with Crippen LogP contribution in [0.25, 0.3) is 0 Å². The molecular weight excluding hydrogens is 280 g/mol. The van der Waals surface area contributed by atoms with E-state index >= 15 is 0 Å². The van der Waals surface area contributed by atoms with E-state index in [2.05, 4.69) is 27.1 Å². The van der Waals surface area contributed by atoms with Crippen LogP contribution in [0.4, 0.5) is 0 Å². The first kappa shape index (κ1) is 15.5. The lowest BCUT2D eigenvalue weighted by Gasteiger charge is -2.31. The molecule has 1 aromatic rings. The third-order valence-corrected chi connectivity index (χ3v) is 4.63. The number of aromatic nitrogens is 2. The SMILES string of the molecule is CCCN1CCC(Cc2noc(C3(C)CC(C)=NO3)n2)CC1. The third-order valence-electron chi connectivity index (χ3n) is 4.63. The molecule has 1 saturated heterocycles. The number of hydrogen-bond acceptors (Lipinski definition) is 6. The van der Waals surface area contributed by atoms with Gasteiger partial charge in [-0.05, 0) is 58.7 Å². The van der Waals surface area contributed by atoms with E-state index < -0.39 is 5.60 Å². The number of hydrogen-bond donors (Lipinski definition) is 0. The molecule has 3 heterocycles. The highest BCUT2D eigenvalue weighted by Gasteiger charge is 2.40. The maximum atomic E-state index is 5.47. The quantitative estimate of drug-likeness (QED) is 0.837. The Morgan fingerprint density at radius 2 is 2.09 bits per heavy atom. The summed E-state index contributed by atoms with van der Waals surface area (Å²) < 4.78 is 5.43. The van der Waals surface area contributed by atoms with Gasteiger partial charge in [-0.25, -0.2) is 0 Å². The van der Waals surface area contributed by atoms with Crippen molar-refractivity contribution in [1.29, 1.82) is 0 Å². The Bertz CT molecular complexity index is 534. The Morgan fingerprint density at radius 1 is 1.32 bits per heavy atom. The molecule has 3 rings (SSSR count). The Hall–Kier alpha value is -1.43. The molecule has 2 aliphatic rings. The molecule has 0 spiro atoms. The standard InChI is InChI=1S/C16H26N4O2/c1-4-7-20-8-5-13(6-9-20)10-14-17-15(21-19-14)16(3)11-12(2)18-22-16/h13H,4-11H2,1-3H3. The molecule has 1 aromatic heterocycles. The van der Waals surface area contributed by atoms with Gasteiger partial charge in [0.25, 0.3) is 5.89 Å². The molecule has 1 fully saturated rings.